The van der Waals surface area contributed by atoms with Gasteiger partial charge in [0.25, 0.3) is 0 Å². The van der Waals surface area contributed by atoms with Crippen molar-refractivity contribution < 1.29 is 9.90 Å². The standard InChI is InChI=1S/C13H24N2O2/c1-14-6-8-15(9-7-14)10-11-2-4-12(5-3-11)13(16)17/h11-12H,2-10H2,1H3,(H,16,17). The maximum absolute atomic E-state index is 10.9. The Hall–Kier alpha value is -0.610. The Labute approximate surface area is 104 Å². The minimum Gasteiger partial charge on any atom is -0.481 e. The van der Waals surface area contributed by atoms with Gasteiger partial charge in [-0.2, -0.15) is 0 Å². The maximum Gasteiger partial charge on any atom is 0.306 e. The number of aliphatic carboxylic acids is 1. The maximum atomic E-state index is 10.9. The van der Waals surface area contributed by atoms with Crippen molar-refractivity contribution in [1.82, 2.24) is 9.80 Å². The third-order valence-corrected chi connectivity index (χ3v) is 4.31. The highest BCUT2D eigenvalue weighted by Gasteiger charge is 2.27. The number of rotatable bonds is 3. The predicted octanol–water partition coefficient (Wildman–Crippen LogP) is 1.12. The molecule has 2 fully saturated rings. The van der Waals surface area contributed by atoms with Crippen LogP contribution < -0.4 is 0 Å². The molecule has 0 bridgehead atoms. The second-order valence-corrected chi connectivity index (χ2v) is 5.66. The number of hydrogen-bond acceptors (Lipinski definition) is 3. The summed E-state index contributed by atoms with van der Waals surface area (Å²) in [5.74, 6) is 0.0655. The number of carboxylic acid groups (broad SMARTS) is 1. The summed E-state index contributed by atoms with van der Waals surface area (Å²) < 4.78 is 0. The van der Waals surface area contributed by atoms with E-state index in [1.807, 2.05) is 0 Å². The van der Waals surface area contributed by atoms with Gasteiger partial charge in [0.15, 0.2) is 0 Å². The first-order chi connectivity index (χ1) is 8.15. The number of nitrogens with zero attached hydrogens (tertiary/aromatic N) is 2. The number of likely N-dealkylation sites (N-methyl/N-ethyl adjacent to an activating group) is 1. The summed E-state index contributed by atoms with van der Waals surface area (Å²) in [6.07, 6.45) is 3.97. The van der Waals surface area contributed by atoms with Gasteiger partial charge in [0.1, 0.15) is 0 Å². The van der Waals surface area contributed by atoms with Gasteiger partial charge in [-0.15, -0.1) is 0 Å². The Bertz CT molecular complexity index is 254. The lowest BCUT2D eigenvalue weighted by Crippen LogP contribution is -2.46. The van der Waals surface area contributed by atoms with Crippen molar-refractivity contribution in [1.29, 1.82) is 0 Å². The summed E-state index contributed by atoms with van der Waals surface area (Å²) in [5, 5.41) is 8.96. The van der Waals surface area contributed by atoms with E-state index in [0.717, 1.165) is 31.6 Å². The Balaban J connectivity index is 1.69. The fourth-order valence-electron chi connectivity index (χ4n) is 2.99. The minimum absolute atomic E-state index is 0.0706. The molecule has 17 heavy (non-hydrogen) atoms. The molecule has 0 unspecified atom stereocenters. The second kappa shape index (κ2) is 5.83. The molecule has 0 amide bonds. The zero-order chi connectivity index (χ0) is 12.3. The van der Waals surface area contributed by atoms with Gasteiger partial charge in [0.2, 0.25) is 0 Å². The predicted molar refractivity (Wildman–Crippen MR) is 67.0 cm³/mol. The topological polar surface area (TPSA) is 43.8 Å². The van der Waals surface area contributed by atoms with Crippen LogP contribution in [0.3, 0.4) is 0 Å². The van der Waals surface area contributed by atoms with Crippen LogP contribution in [0.4, 0.5) is 0 Å². The van der Waals surface area contributed by atoms with Crippen molar-refractivity contribution >= 4 is 5.97 Å². The quantitative estimate of drug-likeness (QED) is 0.803. The van der Waals surface area contributed by atoms with E-state index in [1.54, 1.807) is 0 Å². The SMILES string of the molecule is CN1CCN(CC2CCC(C(=O)O)CC2)CC1. The summed E-state index contributed by atoms with van der Waals surface area (Å²) in [6.45, 7) is 5.87. The van der Waals surface area contributed by atoms with E-state index in [2.05, 4.69) is 16.8 Å². The van der Waals surface area contributed by atoms with Gasteiger partial charge in [0, 0.05) is 32.7 Å². The minimum atomic E-state index is -0.594. The van der Waals surface area contributed by atoms with E-state index in [4.69, 9.17) is 5.11 Å². The van der Waals surface area contributed by atoms with Crippen LogP contribution in [0.5, 0.6) is 0 Å². The van der Waals surface area contributed by atoms with Crippen molar-refractivity contribution in [3.8, 4) is 0 Å². The molecule has 4 nitrogen and oxygen atoms in total. The van der Waals surface area contributed by atoms with E-state index in [-0.39, 0.29) is 5.92 Å². The first-order valence-electron chi connectivity index (χ1n) is 6.79. The third kappa shape index (κ3) is 3.68. The van der Waals surface area contributed by atoms with Crippen LogP contribution in [0.15, 0.2) is 0 Å². The fourth-order valence-corrected chi connectivity index (χ4v) is 2.99. The molecule has 2 rings (SSSR count). The van der Waals surface area contributed by atoms with Crippen LogP contribution in [-0.4, -0.2) is 60.6 Å². The normalized spacial score (nSPS) is 32.5. The fraction of sp³-hybridized carbons (Fsp3) is 0.923. The molecule has 0 spiro atoms. The van der Waals surface area contributed by atoms with Gasteiger partial charge in [-0.05, 0) is 38.6 Å². The zero-order valence-corrected chi connectivity index (χ0v) is 10.8. The number of piperazine rings is 1. The molecule has 0 aromatic heterocycles. The lowest BCUT2D eigenvalue weighted by Gasteiger charge is -2.36. The van der Waals surface area contributed by atoms with E-state index in [9.17, 15) is 4.79 Å². The molecule has 0 aromatic rings. The molecule has 0 radical (unpaired) electrons. The molecule has 1 saturated carbocycles. The second-order valence-electron chi connectivity index (χ2n) is 5.66. The van der Waals surface area contributed by atoms with Gasteiger partial charge in [-0.1, -0.05) is 0 Å². The van der Waals surface area contributed by atoms with Crippen LogP contribution in [0.1, 0.15) is 25.7 Å². The highest BCUT2D eigenvalue weighted by atomic mass is 16.4. The van der Waals surface area contributed by atoms with Crippen molar-refractivity contribution in [3.63, 3.8) is 0 Å². The lowest BCUT2D eigenvalue weighted by molar-refractivity contribution is -0.143. The van der Waals surface area contributed by atoms with E-state index in [1.165, 1.54) is 32.7 Å². The van der Waals surface area contributed by atoms with Gasteiger partial charge in [0.05, 0.1) is 5.92 Å². The molecule has 1 aliphatic heterocycles. The van der Waals surface area contributed by atoms with Crippen LogP contribution >= 0.6 is 0 Å². The third-order valence-electron chi connectivity index (χ3n) is 4.31. The van der Waals surface area contributed by atoms with Crippen molar-refractivity contribution in [3.05, 3.63) is 0 Å². The summed E-state index contributed by atoms with van der Waals surface area (Å²) in [5.41, 5.74) is 0. The summed E-state index contributed by atoms with van der Waals surface area (Å²) in [6, 6.07) is 0. The average molecular weight is 240 g/mol. The van der Waals surface area contributed by atoms with Crippen LogP contribution in [-0.2, 0) is 4.79 Å². The Kier molecular flexibility index (Phi) is 4.40. The number of hydrogen-bond donors (Lipinski definition) is 1. The zero-order valence-electron chi connectivity index (χ0n) is 10.8. The molecular formula is C13H24N2O2. The molecule has 0 atom stereocenters. The van der Waals surface area contributed by atoms with Crippen molar-refractivity contribution in [2.45, 2.75) is 25.7 Å². The molecule has 1 aliphatic carbocycles. The number of carbonyl (C=O) groups is 1. The largest absolute Gasteiger partial charge is 0.481 e. The smallest absolute Gasteiger partial charge is 0.306 e. The molecule has 4 heteroatoms. The Morgan fingerprint density at radius 3 is 2.24 bits per heavy atom. The monoisotopic (exact) mass is 240 g/mol. The van der Waals surface area contributed by atoms with Gasteiger partial charge < -0.3 is 14.9 Å². The van der Waals surface area contributed by atoms with E-state index in [0.29, 0.717) is 0 Å². The van der Waals surface area contributed by atoms with E-state index < -0.39 is 5.97 Å². The molecule has 2 aliphatic rings. The summed E-state index contributed by atoms with van der Waals surface area (Å²) in [4.78, 5) is 15.8. The first-order valence-corrected chi connectivity index (χ1v) is 6.79. The van der Waals surface area contributed by atoms with Gasteiger partial charge >= 0.3 is 5.97 Å². The Morgan fingerprint density at radius 2 is 1.71 bits per heavy atom. The van der Waals surface area contributed by atoms with Crippen molar-refractivity contribution in [2.24, 2.45) is 11.8 Å². The van der Waals surface area contributed by atoms with Gasteiger partial charge in [-0.3, -0.25) is 4.79 Å². The number of carboxylic acids is 1. The van der Waals surface area contributed by atoms with E-state index >= 15 is 0 Å². The molecule has 1 saturated heterocycles. The lowest BCUT2D eigenvalue weighted by atomic mass is 9.82. The van der Waals surface area contributed by atoms with Crippen molar-refractivity contribution in [2.75, 3.05) is 39.8 Å². The highest BCUT2D eigenvalue weighted by Crippen LogP contribution is 2.29. The van der Waals surface area contributed by atoms with Gasteiger partial charge in [-0.25, -0.2) is 0 Å². The molecule has 1 heterocycles. The molecule has 1 N–H and O–H groups in total. The summed E-state index contributed by atoms with van der Waals surface area (Å²) >= 11 is 0. The highest BCUT2D eigenvalue weighted by molar-refractivity contribution is 5.69. The molecule has 0 aromatic carbocycles. The summed E-state index contributed by atoms with van der Waals surface area (Å²) in [7, 11) is 2.18. The van der Waals surface area contributed by atoms with Crippen LogP contribution in [0.25, 0.3) is 0 Å². The average Bonchev–Trinajstić information content (AvgIpc) is 2.33. The Morgan fingerprint density at radius 1 is 1.12 bits per heavy atom. The molecule has 98 valence electrons. The molecular weight excluding hydrogens is 216 g/mol. The van der Waals surface area contributed by atoms with Crippen LogP contribution in [0.2, 0.25) is 0 Å². The van der Waals surface area contributed by atoms with Crippen LogP contribution in [0, 0.1) is 11.8 Å². The first kappa shape index (κ1) is 12.8.